The van der Waals surface area contributed by atoms with Crippen molar-refractivity contribution in [2.45, 2.75) is 19.8 Å². The van der Waals surface area contributed by atoms with Gasteiger partial charge in [0.25, 0.3) is 0 Å². The fraction of sp³-hybridized carbons (Fsp3) is 0.364. The van der Waals surface area contributed by atoms with Crippen LogP contribution in [0.2, 0.25) is 0 Å². The molecule has 0 aliphatic heterocycles. The molecule has 82 valence electrons. The predicted octanol–water partition coefficient (Wildman–Crippen LogP) is 3.71. The molecule has 0 heterocycles. The Bertz CT molecular complexity index is 350. The number of esters is 1. The number of carbonyl (C=O) groups excluding carboxylic acids is 1. The van der Waals surface area contributed by atoms with Crippen LogP contribution in [-0.2, 0) is 16.0 Å². The van der Waals surface area contributed by atoms with E-state index in [2.05, 4.69) is 31.9 Å². The fourth-order valence-electron chi connectivity index (χ4n) is 1.17. The first-order valence-corrected chi connectivity index (χ1v) is 6.31. The third-order valence-corrected chi connectivity index (χ3v) is 3.79. The van der Waals surface area contributed by atoms with Crippen LogP contribution < -0.4 is 0 Å². The number of aryl methyl sites for hydroxylation is 1. The lowest BCUT2D eigenvalue weighted by Gasteiger charge is -2.03. The Morgan fingerprint density at radius 3 is 2.67 bits per heavy atom. The Morgan fingerprint density at radius 2 is 2.07 bits per heavy atom. The molecule has 0 amide bonds. The number of benzene rings is 1. The minimum atomic E-state index is -0.142. The lowest BCUT2D eigenvalue weighted by molar-refractivity contribution is -0.143. The summed E-state index contributed by atoms with van der Waals surface area (Å²) in [4.78, 5) is 11.1. The molecule has 0 aromatic heterocycles. The van der Waals surface area contributed by atoms with E-state index in [1.807, 2.05) is 25.1 Å². The molecule has 0 fully saturated rings. The van der Waals surface area contributed by atoms with Gasteiger partial charge in [-0.3, -0.25) is 4.79 Å². The summed E-state index contributed by atoms with van der Waals surface area (Å²) in [5.41, 5.74) is 1.12. The quantitative estimate of drug-likeness (QED) is 0.784. The van der Waals surface area contributed by atoms with Crippen LogP contribution in [0, 0.1) is 0 Å². The third-order valence-electron chi connectivity index (χ3n) is 1.91. The van der Waals surface area contributed by atoms with E-state index in [1.165, 1.54) is 0 Å². The van der Waals surface area contributed by atoms with Crippen LogP contribution in [0.3, 0.4) is 0 Å². The maximum atomic E-state index is 11.1. The maximum Gasteiger partial charge on any atom is 0.306 e. The minimum Gasteiger partial charge on any atom is -0.466 e. The van der Waals surface area contributed by atoms with Crippen LogP contribution in [0.25, 0.3) is 0 Å². The van der Waals surface area contributed by atoms with E-state index >= 15 is 0 Å². The van der Waals surface area contributed by atoms with Crippen LogP contribution in [0.15, 0.2) is 27.1 Å². The molecule has 0 N–H and O–H groups in total. The molecule has 0 saturated heterocycles. The maximum absolute atomic E-state index is 11.1. The number of carbonyl (C=O) groups is 1. The molecular weight excluding hydrogens is 324 g/mol. The molecule has 0 saturated carbocycles. The summed E-state index contributed by atoms with van der Waals surface area (Å²) < 4.78 is 6.88. The Hall–Kier alpha value is -0.350. The summed E-state index contributed by atoms with van der Waals surface area (Å²) in [5, 5.41) is 0. The Labute approximate surface area is 106 Å². The van der Waals surface area contributed by atoms with Gasteiger partial charge in [-0.25, -0.2) is 0 Å². The van der Waals surface area contributed by atoms with Crippen LogP contribution in [0.1, 0.15) is 18.9 Å². The van der Waals surface area contributed by atoms with E-state index in [4.69, 9.17) is 4.74 Å². The summed E-state index contributed by atoms with van der Waals surface area (Å²) in [6.07, 6.45) is 1.15. The van der Waals surface area contributed by atoms with Crippen molar-refractivity contribution in [2.24, 2.45) is 0 Å². The van der Waals surface area contributed by atoms with Gasteiger partial charge in [0.15, 0.2) is 0 Å². The van der Waals surface area contributed by atoms with Gasteiger partial charge < -0.3 is 4.74 Å². The normalized spacial score (nSPS) is 10.1. The minimum absolute atomic E-state index is 0.142. The van der Waals surface area contributed by atoms with E-state index in [9.17, 15) is 4.79 Å². The van der Waals surface area contributed by atoms with Crippen molar-refractivity contribution in [1.29, 1.82) is 0 Å². The molecule has 0 bridgehead atoms. The molecular formula is C11H12Br2O2. The molecule has 0 spiro atoms. The molecule has 2 nitrogen and oxygen atoms in total. The van der Waals surface area contributed by atoms with Gasteiger partial charge in [0.2, 0.25) is 0 Å². The van der Waals surface area contributed by atoms with Crippen LogP contribution in [-0.4, -0.2) is 12.6 Å². The summed E-state index contributed by atoms with van der Waals surface area (Å²) >= 11 is 6.82. The average Bonchev–Trinajstić information content (AvgIpc) is 2.20. The lowest BCUT2D eigenvalue weighted by atomic mass is 10.1. The predicted molar refractivity (Wildman–Crippen MR) is 66.8 cm³/mol. The first-order valence-electron chi connectivity index (χ1n) is 4.73. The van der Waals surface area contributed by atoms with E-state index in [0.717, 1.165) is 14.5 Å². The largest absolute Gasteiger partial charge is 0.466 e. The number of ether oxygens (including phenoxy) is 1. The van der Waals surface area contributed by atoms with E-state index in [1.54, 1.807) is 0 Å². The smallest absolute Gasteiger partial charge is 0.306 e. The number of halogens is 2. The van der Waals surface area contributed by atoms with Gasteiger partial charge >= 0.3 is 5.97 Å². The number of hydrogen-bond acceptors (Lipinski definition) is 2. The molecule has 0 aliphatic carbocycles. The zero-order valence-electron chi connectivity index (χ0n) is 8.43. The fourth-order valence-corrected chi connectivity index (χ4v) is 1.85. The second-order valence-corrected chi connectivity index (χ2v) is 4.76. The molecule has 1 aromatic carbocycles. The van der Waals surface area contributed by atoms with Gasteiger partial charge in [0, 0.05) is 15.4 Å². The SMILES string of the molecule is CCOC(=O)CCc1ccc(Br)c(Br)c1. The second kappa shape index (κ2) is 6.28. The average molecular weight is 336 g/mol. The monoisotopic (exact) mass is 334 g/mol. The van der Waals surface area contributed by atoms with Crippen LogP contribution in [0.4, 0.5) is 0 Å². The molecule has 1 rings (SSSR count). The van der Waals surface area contributed by atoms with Crippen molar-refractivity contribution in [3.63, 3.8) is 0 Å². The molecule has 0 atom stereocenters. The second-order valence-electron chi connectivity index (χ2n) is 3.05. The zero-order valence-corrected chi connectivity index (χ0v) is 11.6. The van der Waals surface area contributed by atoms with E-state index in [-0.39, 0.29) is 5.97 Å². The highest BCUT2D eigenvalue weighted by atomic mass is 79.9. The van der Waals surface area contributed by atoms with Crippen molar-refractivity contribution in [2.75, 3.05) is 6.61 Å². The zero-order chi connectivity index (χ0) is 11.3. The van der Waals surface area contributed by atoms with Gasteiger partial charge in [-0.15, -0.1) is 0 Å². The standard InChI is InChI=1S/C11H12Br2O2/c1-2-15-11(14)6-4-8-3-5-9(12)10(13)7-8/h3,5,7H,2,4,6H2,1H3. The van der Waals surface area contributed by atoms with Gasteiger partial charge in [-0.1, -0.05) is 6.07 Å². The first kappa shape index (κ1) is 12.7. The highest BCUT2D eigenvalue weighted by Crippen LogP contribution is 2.24. The molecule has 0 radical (unpaired) electrons. The topological polar surface area (TPSA) is 26.3 Å². The molecule has 1 aromatic rings. The van der Waals surface area contributed by atoms with Crippen molar-refractivity contribution in [1.82, 2.24) is 0 Å². The summed E-state index contributed by atoms with van der Waals surface area (Å²) in [5.74, 6) is -0.142. The summed E-state index contributed by atoms with van der Waals surface area (Å²) in [6, 6.07) is 5.96. The molecule has 0 unspecified atom stereocenters. The summed E-state index contributed by atoms with van der Waals surface area (Å²) in [6.45, 7) is 2.26. The Morgan fingerprint density at radius 1 is 1.33 bits per heavy atom. The Balaban J connectivity index is 2.51. The van der Waals surface area contributed by atoms with E-state index in [0.29, 0.717) is 19.4 Å². The van der Waals surface area contributed by atoms with Crippen molar-refractivity contribution >= 4 is 37.8 Å². The number of hydrogen-bond donors (Lipinski definition) is 0. The van der Waals surface area contributed by atoms with Gasteiger partial charge in [-0.2, -0.15) is 0 Å². The highest BCUT2D eigenvalue weighted by Gasteiger charge is 2.04. The molecule has 15 heavy (non-hydrogen) atoms. The summed E-state index contributed by atoms with van der Waals surface area (Å²) in [7, 11) is 0. The van der Waals surface area contributed by atoms with E-state index < -0.39 is 0 Å². The van der Waals surface area contributed by atoms with Crippen molar-refractivity contribution in [3.8, 4) is 0 Å². The highest BCUT2D eigenvalue weighted by molar-refractivity contribution is 9.13. The molecule has 0 aliphatic rings. The third kappa shape index (κ3) is 4.34. The van der Waals surface area contributed by atoms with Gasteiger partial charge in [-0.05, 0) is 62.9 Å². The first-order chi connectivity index (χ1) is 7.13. The van der Waals surface area contributed by atoms with Gasteiger partial charge in [0.1, 0.15) is 0 Å². The van der Waals surface area contributed by atoms with Gasteiger partial charge in [0.05, 0.1) is 6.61 Å². The Kier molecular flexibility index (Phi) is 5.32. The van der Waals surface area contributed by atoms with Crippen LogP contribution in [0.5, 0.6) is 0 Å². The van der Waals surface area contributed by atoms with Crippen LogP contribution >= 0.6 is 31.9 Å². The van der Waals surface area contributed by atoms with Crippen molar-refractivity contribution < 1.29 is 9.53 Å². The van der Waals surface area contributed by atoms with Crippen molar-refractivity contribution in [3.05, 3.63) is 32.7 Å². The lowest BCUT2D eigenvalue weighted by Crippen LogP contribution is -2.05. The molecule has 4 heteroatoms. The number of rotatable bonds is 4.